The van der Waals surface area contributed by atoms with Crippen LogP contribution in [0.5, 0.6) is 0 Å². The Morgan fingerprint density at radius 2 is 1.07 bits per heavy atom. The van der Waals surface area contributed by atoms with Crippen LogP contribution >= 0.6 is 0 Å². The van der Waals surface area contributed by atoms with Crippen LogP contribution in [0.2, 0.25) is 0 Å². The minimum atomic E-state index is -0.480. The molecule has 2 nitrogen and oxygen atoms in total. The van der Waals surface area contributed by atoms with Crippen LogP contribution in [0.4, 0.5) is 17.1 Å². The number of anilines is 3. The first-order valence-corrected chi connectivity index (χ1v) is 24.5. The van der Waals surface area contributed by atoms with Gasteiger partial charge in [-0.3, -0.25) is 0 Å². The van der Waals surface area contributed by atoms with Crippen LogP contribution < -0.4 is 4.90 Å². The van der Waals surface area contributed by atoms with E-state index in [4.69, 9.17) is 0 Å². The van der Waals surface area contributed by atoms with Crippen molar-refractivity contribution in [2.75, 3.05) is 4.90 Å². The van der Waals surface area contributed by atoms with Gasteiger partial charge in [-0.2, -0.15) is 0 Å². The first-order valence-electron chi connectivity index (χ1n) is 24.5. The maximum Gasteiger partial charge on any atom is 0.0547 e. The van der Waals surface area contributed by atoms with E-state index >= 15 is 0 Å². The van der Waals surface area contributed by atoms with Crippen molar-refractivity contribution in [3.8, 4) is 16.8 Å². The zero-order chi connectivity index (χ0) is 47.4. The van der Waals surface area contributed by atoms with Crippen LogP contribution in [-0.2, 0) is 10.8 Å². The summed E-state index contributed by atoms with van der Waals surface area (Å²) in [6.07, 6.45) is 9.55. The summed E-state index contributed by atoms with van der Waals surface area (Å²) in [5.74, 6) is 0. The highest BCUT2D eigenvalue weighted by atomic mass is 15.1. The zero-order valence-corrected chi connectivity index (χ0v) is 40.0. The quantitative estimate of drug-likeness (QED) is 0.145. The third-order valence-electron chi connectivity index (χ3n) is 14.7. The molecule has 70 heavy (non-hydrogen) atoms. The van der Waals surface area contributed by atoms with Crippen LogP contribution in [0.1, 0.15) is 55.0 Å². The molecular weight excluding hydrogens is 845 g/mol. The number of allylic oxidation sites excluding steroid dienone is 5. The molecule has 0 amide bonds. The smallest absolute Gasteiger partial charge is 0.0547 e. The van der Waals surface area contributed by atoms with Gasteiger partial charge in [0.2, 0.25) is 0 Å². The van der Waals surface area contributed by atoms with Crippen LogP contribution in [0.25, 0.3) is 65.7 Å². The highest BCUT2D eigenvalue weighted by Gasteiger charge is 2.38. The summed E-state index contributed by atoms with van der Waals surface area (Å²) in [5.41, 5.74) is 15.9. The van der Waals surface area contributed by atoms with Gasteiger partial charge in [-0.1, -0.05) is 222 Å². The standard InChI is InChI=1S/C68H54N2/c1-47-20-8-7-19-43-68(52-22-9-5-10-23-52,53-24-11-6-12-25-53)63-46-56(40-42-57(47)63)70-64-30-18-17-29-61(64)62-41-33-49(44-66(62)70)48-31-36-54(37-32-48)69(55-38-34-51(35-39-55)67(2,3)4)65-45-50-21-13-14-26-58(50)59-27-15-16-28-60(59)65/h5-42,44-46H,1,43H2,2-4H3/b19-7-,20-8-. The Morgan fingerprint density at radius 3 is 1.77 bits per heavy atom. The summed E-state index contributed by atoms with van der Waals surface area (Å²) >= 11 is 0. The monoisotopic (exact) mass is 898 g/mol. The van der Waals surface area contributed by atoms with Crippen LogP contribution in [0.3, 0.4) is 0 Å². The number of rotatable bonds is 7. The maximum absolute atomic E-state index is 4.65. The molecule has 0 saturated carbocycles. The zero-order valence-electron chi connectivity index (χ0n) is 40.0. The van der Waals surface area contributed by atoms with Crippen molar-refractivity contribution < 1.29 is 0 Å². The summed E-state index contributed by atoms with van der Waals surface area (Å²) in [6.45, 7) is 11.5. The van der Waals surface area contributed by atoms with E-state index in [0.29, 0.717) is 0 Å². The molecule has 0 N–H and O–H groups in total. The van der Waals surface area contributed by atoms with Gasteiger partial charge in [0, 0.05) is 38.6 Å². The van der Waals surface area contributed by atoms with E-state index in [0.717, 1.165) is 57.0 Å². The molecule has 336 valence electrons. The summed E-state index contributed by atoms with van der Waals surface area (Å²) < 4.78 is 2.47. The van der Waals surface area contributed by atoms with Crippen molar-refractivity contribution in [3.63, 3.8) is 0 Å². The van der Waals surface area contributed by atoms with E-state index in [9.17, 15) is 0 Å². The molecule has 0 aliphatic heterocycles. The third-order valence-corrected chi connectivity index (χ3v) is 14.7. The fourth-order valence-corrected chi connectivity index (χ4v) is 11.1. The largest absolute Gasteiger partial charge is 0.310 e. The number of nitrogens with zero attached hydrogens (tertiary/aromatic N) is 2. The Balaban J connectivity index is 1.02. The lowest BCUT2D eigenvalue weighted by Crippen LogP contribution is -2.30. The average Bonchev–Trinajstić information content (AvgIpc) is 3.76. The Labute approximate surface area is 411 Å². The number of benzene rings is 10. The molecule has 0 bridgehead atoms. The SMILES string of the molecule is C=C1/C=C\C=C/CC(c2ccccc2)(c2ccccc2)c2cc(-n3c4ccccc4c4ccc(-c5ccc(N(c6ccc(C(C)(C)C)cc6)c6cc7ccccc7c7ccccc67)cc5)cc43)ccc21. The molecular formula is C68H54N2. The van der Waals surface area contributed by atoms with Crippen molar-refractivity contribution in [3.05, 3.63) is 283 Å². The van der Waals surface area contributed by atoms with Crippen LogP contribution in [0.15, 0.2) is 255 Å². The lowest BCUT2D eigenvalue weighted by atomic mass is 9.65. The number of para-hydroxylation sites is 1. The second-order valence-electron chi connectivity index (χ2n) is 19.8. The summed E-state index contributed by atoms with van der Waals surface area (Å²) in [7, 11) is 0. The average molecular weight is 899 g/mol. The van der Waals surface area contributed by atoms with Gasteiger partial charge >= 0.3 is 0 Å². The molecule has 0 unspecified atom stereocenters. The maximum atomic E-state index is 4.65. The Kier molecular flexibility index (Phi) is 10.6. The first kappa shape index (κ1) is 42.9. The second kappa shape index (κ2) is 17.3. The molecule has 0 fully saturated rings. The molecule has 0 saturated heterocycles. The summed E-state index contributed by atoms with van der Waals surface area (Å²) in [6, 6.07) is 83.1. The Hall–Kier alpha value is -8.46. The van der Waals surface area contributed by atoms with Gasteiger partial charge in [0.15, 0.2) is 0 Å². The van der Waals surface area contributed by atoms with E-state index < -0.39 is 5.41 Å². The van der Waals surface area contributed by atoms with E-state index in [1.54, 1.807) is 0 Å². The summed E-state index contributed by atoms with van der Waals surface area (Å²) in [5, 5.41) is 7.40. The molecule has 1 aliphatic rings. The van der Waals surface area contributed by atoms with Crippen LogP contribution in [0, 0.1) is 0 Å². The minimum Gasteiger partial charge on any atom is -0.310 e. The predicted octanol–water partition coefficient (Wildman–Crippen LogP) is 18.4. The predicted molar refractivity (Wildman–Crippen MR) is 299 cm³/mol. The Bertz CT molecular complexity index is 3790. The van der Waals surface area contributed by atoms with E-state index in [1.807, 2.05) is 0 Å². The molecule has 0 radical (unpaired) electrons. The van der Waals surface area contributed by atoms with Gasteiger partial charge in [0.1, 0.15) is 0 Å². The van der Waals surface area contributed by atoms with Gasteiger partial charge < -0.3 is 9.47 Å². The van der Waals surface area contributed by atoms with E-state index in [1.165, 1.54) is 60.1 Å². The number of hydrogen-bond donors (Lipinski definition) is 0. The molecule has 12 rings (SSSR count). The fraction of sp³-hybridized carbons (Fsp3) is 0.0882. The molecule has 0 spiro atoms. The molecule has 11 aromatic rings. The van der Waals surface area contributed by atoms with Crippen molar-refractivity contribution in [2.24, 2.45) is 0 Å². The van der Waals surface area contributed by atoms with Crippen molar-refractivity contribution in [1.82, 2.24) is 4.57 Å². The van der Waals surface area contributed by atoms with Crippen molar-refractivity contribution >= 4 is 66.0 Å². The van der Waals surface area contributed by atoms with E-state index in [-0.39, 0.29) is 5.41 Å². The molecule has 2 heteroatoms. The van der Waals surface area contributed by atoms with Gasteiger partial charge in [0.25, 0.3) is 0 Å². The van der Waals surface area contributed by atoms with Gasteiger partial charge in [-0.25, -0.2) is 0 Å². The number of fused-ring (bicyclic) bond motifs is 7. The van der Waals surface area contributed by atoms with Gasteiger partial charge in [-0.05, 0) is 127 Å². The number of aromatic nitrogens is 1. The minimum absolute atomic E-state index is 0.0465. The second-order valence-corrected chi connectivity index (χ2v) is 19.8. The lowest BCUT2D eigenvalue weighted by Gasteiger charge is -2.37. The Morgan fingerprint density at radius 1 is 0.486 bits per heavy atom. The lowest BCUT2D eigenvalue weighted by molar-refractivity contribution is 0.590. The van der Waals surface area contributed by atoms with Crippen molar-refractivity contribution in [1.29, 1.82) is 0 Å². The van der Waals surface area contributed by atoms with Crippen molar-refractivity contribution in [2.45, 2.75) is 38.0 Å². The molecule has 10 aromatic carbocycles. The molecule has 1 heterocycles. The first-order chi connectivity index (χ1) is 34.3. The fourth-order valence-electron chi connectivity index (χ4n) is 11.1. The van der Waals surface area contributed by atoms with Gasteiger partial charge in [-0.15, -0.1) is 0 Å². The molecule has 1 aromatic heterocycles. The molecule has 1 aliphatic carbocycles. The molecule has 0 atom stereocenters. The summed E-state index contributed by atoms with van der Waals surface area (Å²) in [4.78, 5) is 2.43. The highest BCUT2D eigenvalue weighted by Crippen LogP contribution is 2.48. The third kappa shape index (κ3) is 7.27. The van der Waals surface area contributed by atoms with Crippen LogP contribution in [-0.4, -0.2) is 4.57 Å². The normalized spacial score (nSPS) is 14.5. The highest BCUT2D eigenvalue weighted by molar-refractivity contribution is 6.15. The number of hydrogen-bond acceptors (Lipinski definition) is 1. The van der Waals surface area contributed by atoms with Gasteiger partial charge in [0.05, 0.1) is 16.7 Å². The topological polar surface area (TPSA) is 8.17 Å². The van der Waals surface area contributed by atoms with E-state index in [2.05, 4.69) is 286 Å².